The number of carbonyl (C=O) groups is 5. The van der Waals surface area contributed by atoms with Crippen LogP contribution in [0.25, 0.3) is 0 Å². The minimum absolute atomic E-state index is 0.0252. The molecule has 2 aromatic rings. The predicted molar refractivity (Wildman–Crippen MR) is 170 cm³/mol. The summed E-state index contributed by atoms with van der Waals surface area (Å²) >= 11 is 0. The highest BCUT2D eigenvalue weighted by Crippen LogP contribution is 2.21. The molecule has 2 aliphatic heterocycles. The van der Waals surface area contributed by atoms with Crippen molar-refractivity contribution in [3.8, 4) is 0 Å². The van der Waals surface area contributed by atoms with Crippen LogP contribution in [0.5, 0.6) is 0 Å². The van der Waals surface area contributed by atoms with Crippen LogP contribution in [0.1, 0.15) is 63.6 Å². The number of amides is 5. The fraction of sp³-hybridized carbons (Fsp3) is 0.594. The lowest BCUT2D eigenvalue weighted by Crippen LogP contribution is -2.59. The van der Waals surface area contributed by atoms with Gasteiger partial charge in [-0.15, -0.1) is 5.10 Å². The van der Waals surface area contributed by atoms with Crippen molar-refractivity contribution in [1.82, 2.24) is 46.5 Å². The predicted octanol–water partition coefficient (Wildman–Crippen LogP) is 0.0318. The molecule has 0 saturated carbocycles. The summed E-state index contributed by atoms with van der Waals surface area (Å²) in [5.74, 6) is -2.17. The van der Waals surface area contributed by atoms with Gasteiger partial charge >= 0.3 is 0 Å². The number of aromatic nitrogens is 3. The standard InChI is InChI=1S/C32H47N9O5/c1-4-21(2)28-31(45)36-24(29(43)34-18-22-11-6-5-7-12-22)13-8-9-15-40-20-23(38-39-40)17-25(35-27(42)19-33-3)32(46)41-16-10-14-26(41)30(44)37-28/h5-7,11-12,20-21,24-26,28,33H,4,8-10,13-19H2,1-3H3,(H,34,43)(H,35,42)(H,36,45)(H,37,44)/t21-,24-,25-,26-,28-/m0/s1. The molecular weight excluding hydrogens is 590 g/mol. The first-order valence-corrected chi connectivity index (χ1v) is 16.3. The quantitative estimate of drug-likeness (QED) is 0.269. The zero-order chi connectivity index (χ0) is 33.1. The van der Waals surface area contributed by atoms with Gasteiger partial charge in [0, 0.05) is 32.3 Å². The van der Waals surface area contributed by atoms with Crippen LogP contribution < -0.4 is 26.6 Å². The lowest BCUT2D eigenvalue weighted by Gasteiger charge is -2.31. The fourth-order valence-corrected chi connectivity index (χ4v) is 5.87. The molecule has 5 atom stereocenters. The number of likely N-dealkylation sites (N-methyl/N-ethyl adjacent to an activating group) is 1. The third-order valence-electron chi connectivity index (χ3n) is 8.67. The van der Waals surface area contributed by atoms with Crippen molar-refractivity contribution in [2.24, 2.45) is 5.92 Å². The van der Waals surface area contributed by atoms with Crippen molar-refractivity contribution in [2.75, 3.05) is 20.1 Å². The van der Waals surface area contributed by atoms with Crippen LogP contribution in [-0.4, -0.2) is 93.7 Å². The lowest BCUT2D eigenvalue weighted by atomic mass is 9.96. The number of hydrogen-bond acceptors (Lipinski definition) is 8. The minimum Gasteiger partial charge on any atom is -0.350 e. The number of hydrogen-bond donors (Lipinski definition) is 5. The van der Waals surface area contributed by atoms with E-state index in [0.29, 0.717) is 63.9 Å². The first-order valence-electron chi connectivity index (χ1n) is 16.3. The van der Waals surface area contributed by atoms with Gasteiger partial charge in [0.15, 0.2) is 0 Å². The van der Waals surface area contributed by atoms with Gasteiger partial charge in [-0.1, -0.05) is 55.8 Å². The molecule has 1 saturated heterocycles. The van der Waals surface area contributed by atoms with E-state index in [2.05, 4.69) is 36.9 Å². The Kier molecular flexibility index (Phi) is 12.6. The Morgan fingerprint density at radius 2 is 1.80 bits per heavy atom. The summed E-state index contributed by atoms with van der Waals surface area (Å²) in [7, 11) is 1.64. The van der Waals surface area contributed by atoms with Crippen LogP contribution in [-0.2, 0) is 43.5 Å². The molecule has 3 heterocycles. The third kappa shape index (κ3) is 9.35. The van der Waals surface area contributed by atoms with Crippen molar-refractivity contribution in [1.29, 1.82) is 0 Å². The van der Waals surface area contributed by atoms with Crippen LogP contribution in [0.15, 0.2) is 36.5 Å². The zero-order valence-corrected chi connectivity index (χ0v) is 27.0. The van der Waals surface area contributed by atoms with Gasteiger partial charge in [-0.25, -0.2) is 0 Å². The molecule has 1 fully saturated rings. The molecule has 0 unspecified atom stereocenters. The molecule has 2 bridgehead atoms. The molecule has 1 aromatic carbocycles. The molecule has 2 aliphatic rings. The van der Waals surface area contributed by atoms with Gasteiger partial charge in [-0.05, 0) is 50.6 Å². The molecule has 5 N–H and O–H groups in total. The summed E-state index contributed by atoms with van der Waals surface area (Å²) in [5, 5.41) is 22.8. The average Bonchev–Trinajstić information content (AvgIpc) is 3.73. The lowest BCUT2D eigenvalue weighted by molar-refractivity contribution is -0.142. The summed E-state index contributed by atoms with van der Waals surface area (Å²) in [4.78, 5) is 68.8. The van der Waals surface area contributed by atoms with Gasteiger partial charge in [0.05, 0.1) is 12.2 Å². The Balaban J connectivity index is 1.59. The van der Waals surface area contributed by atoms with Crippen LogP contribution in [0.3, 0.4) is 0 Å². The molecule has 0 radical (unpaired) electrons. The summed E-state index contributed by atoms with van der Waals surface area (Å²) in [6.45, 7) is 5.00. The maximum Gasteiger partial charge on any atom is 0.246 e. The van der Waals surface area contributed by atoms with Crippen molar-refractivity contribution in [3.05, 3.63) is 47.8 Å². The highest BCUT2D eigenvalue weighted by molar-refractivity contribution is 5.96. The van der Waals surface area contributed by atoms with E-state index in [1.807, 2.05) is 44.2 Å². The molecule has 4 rings (SSSR count). The van der Waals surface area contributed by atoms with Gasteiger partial charge in [0.2, 0.25) is 29.5 Å². The van der Waals surface area contributed by atoms with E-state index in [1.54, 1.807) is 17.9 Å². The Bertz CT molecular complexity index is 1350. The topological polar surface area (TPSA) is 179 Å². The van der Waals surface area contributed by atoms with E-state index < -0.39 is 41.9 Å². The second-order valence-corrected chi connectivity index (χ2v) is 12.1. The number of rotatable bonds is 8. The Morgan fingerprint density at radius 1 is 1.02 bits per heavy atom. The molecule has 0 spiro atoms. The first kappa shape index (κ1) is 34.5. The van der Waals surface area contributed by atoms with E-state index in [4.69, 9.17) is 0 Å². The molecule has 0 aliphatic carbocycles. The monoisotopic (exact) mass is 637 g/mol. The largest absolute Gasteiger partial charge is 0.350 e. The van der Waals surface area contributed by atoms with Crippen LogP contribution in [0, 0.1) is 5.92 Å². The van der Waals surface area contributed by atoms with E-state index >= 15 is 0 Å². The van der Waals surface area contributed by atoms with Crippen molar-refractivity contribution in [2.45, 2.75) is 96.1 Å². The van der Waals surface area contributed by atoms with Crippen molar-refractivity contribution < 1.29 is 24.0 Å². The highest BCUT2D eigenvalue weighted by Gasteiger charge is 2.40. The summed E-state index contributed by atoms with van der Waals surface area (Å²) in [6, 6.07) is 6.06. The maximum atomic E-state index is 13.9. The number of fused-ring (bicyclic) bond motifs is 3. The average molecular weight is 638 g/mol. The summed E-state index contributed by atoms with van der Waals surface area (Å²) in [6.07, 6.45) is 5.13. The second-order valence-electron chi connectivity index (χ2n) is 12.1. The van der Waals surface area contributed by atoms with Gasteiger partial charge in [-0.3, -0.25) is 28.7 Å². The van der Waals surface area contributed by atoms with Gasteiger partial charge in [0.25, 0.3) is 0 Å². The van der Waals surface area contributed by atoms with E-state index in [-0.39, 0.29) is 30.7 Å². The smallest absolute Gasteiger partial charge is 0.246 e. The molecule has 5 amide bonds. The fourth-order valence-electron chi connectivity index (χ4n) is 5.87. The number of nitrogens with one attached hydrogen (secondary N) is 5. The van der Waals surface area contributed by atoms with Crippen LogP contribution >= 0.6 is 0 Å². The number of nitrogens with zero attached hydrogens (tertiary/aromatic N) is 4. The van der Waals surface area contributed by atoms with E-state index in [0.717, 1.165) is 5.56 Å². The normalized spacial score (nSPS) is 23.7. The Hall–Kier alpha value is -4.33. The van der Waals surface area contributed by atoms with Gasteiger partial charge in [0.1, 0.15) is 24.2 Å². The summed E-state index contributed by atoms with van der Waals surface area (Å²) < 4.78 is 1.67. The maximum absolute atomic E-state index is 13.9. The Labute approximate surface area is 269 Å². The zero-order valence-electron chi connectivity index (χ0n) is 27.0. The second kappa shape index (κ2) is 16.8. The third-order valence-corrected chi connectivity index (χ3v) is 8.67. The molecule has 250 valence electrons. The summed E-state index contributed by atoms with van der Waals surface area (Å²) in [5.41, 5.74) is 1.47. The molecule has 1 aromatic heterocycles. The van der Waals surface area contributed by atoms with Crippen molar-refractivity contribution in [3.63, 3.8) is 0 Å². The van der Waals surface area contributed by atoms with E-state index in [9.17, 15) is 24.0 Å². The van der Waals surface area contributed by atoms with Gasteiger partial charge in [-0.2, -0.15) is 0 Å². The SMILES string of the molecule is CC[C@H](C)[C@@H]1NC(=O)[C@@H]2CCCN2C(=O)[C@@H](NC(=O)CNC)Cc2cn(nn2)CCCC[C@@H](C(=O)NCc2ccccc2)NC1=O. The molecule has 46 heavy (non-hydrogen) atoms. The Morgan fingerprint density at radius 3 is 2.54 bits per heavy atom. The minimum atomic E-state index is -0.942. The highest BCUT2D eigenvalue weighted by atomic mass is 16.2. The number of carbonyl (C=O) groups excluding carboxylic acids is 5. The first-order chi connectivity index (χ1) is 22.2. The molecule has 14 heteroatoms. The van der Waals surface area contributed by atoms with Crippen LogP contribution in [0.2, 0.25) is 0 Å². The van der Waals surface area contributed by atoms with E-state index in [1.165, 1.54) is 4.90 Å². The van der Waals surface area contributed by atoms with Crippen LogP contribution in [0.4, 0.5) is 0 Å². The molecular formula is C32H47N9O5. The number of benzene rings is 1. The van der Waals surface area contributed by atoms with Gasteiger partial charge < -0.3 is 31.5 Å². The molecule has 14 nitrogen and oxygen atoms in total. The van der Waals surface area contributed by atoms with Crippen molar-refractivity contribution >= 4 is 29.5 Å². The number of aryl methyl sites for hydroxylation is 1.